The molecular formula is C4H12O3S. The third-order valence-electron chi connectivity index (χ3n) is 0.789. The van der Waals surface area contributed by atoms with Crippen LogP contribution in [0.2, 0.25) is 0 Å². The van der Waals surface area contributed by atoms with Crippen molar-refractivity contribution in [2.24, 2.45) is 0 Å². The first-order valence-electron chi connectivity index (χ1n) is 2.24. The maximum absolute atomic E-state index is 4.99. The molecule has 1 saturated heterocycles. The summed E-state index contributed by atoms with van der Waals surface area (Å²) in [6, 6.07) is 0. The summed E-state index contributed by atoms with van der Waals surface area (Å²) >= 11 is 1.59. The van der Waals surface area contributed by atoms with Crippen molar-refractivity contribution in [2.45, 2.75) is 12.8 Å². The minimum Gasteiger partial charge on any atom is -0.412 e. The lowest BCUT2D eigenvalue weighted by Crippen LogP contribution is -1.95. The lowest BCUT2D eigenvalue weighted by Gasteiger charge is -2.06. The van der Waals surface area contributed by atoms with Crippen molar-refractivity contribution in [2.75, 3.05) is 12.4 Å². The molecule has 0 amide bonds. The van der Waals surface area contributed by atoms with Crippen LogP contribution in [0.3, 0.4) is 0 Å². The largest absolute Gasteiger partial charge is 0.412 e. The molecule has 0 aromatic heterocycles. The smallest absolute Gasteiger partial charge is 0.0614 e. The fourth-order valence-corrected chi connectivity index (χ4v) is 1.12. The number of hydrogen-bond donors (Lipinski definition) is 0. The zero-order valence-corrected chi connectivity index (χ0v) is 5.46. The highest BCUT2D eigenvalue weighted by Crippen LogP contribution is 2.12. The predicted octanol–water partition coefficient (Wildman–Crippen LogP) is -0.204. The van der Waals surface area contributed by atoms with E-state index in [9.17, 15) is 0 Å². The Morgan fingerprint density at radius 3 is 2.00 bits per heavy atom. The van der Waals surface area contributed by atoms with Crippen LogP contribution in [-0.4, -0.2) is 23.3 Å². The first-order chi connectivity index (χ1) is 3.00. The molecule has 3 nitrogen and oxygen atoms in total. The quantitative estimate of drug-likeness (QED) is 0.437. The molecule has 1 aliphatic rings. The minimum atomic E-state index is 0. The fourth-order valence-electron chi connectivity index (χ4n) is 0.440. The van der Waals surface area contributed by atoms with Gasteiger partial charge in [-0.3, -0.25) is 0 Å². The van der Waals surface area contributed by atoms with Gasteiger partial charge in [0.1, 0.15) is 0 Å². The summed E-state index contributed by atoms with van der Waals surface area (Å²) in [5.41, 5.74) is 0. The average Bonchev–Trinajstić information content (AvgIpc) is 1.72. The van der Waals surface area contributed by atoms with E-state index < -0.39 is 0 Å². The van der Waals surface area contributed by atoms with Crippen LogP contribution in [0.25, 0.3) is 0 Å². The first kappa shape index (κ1) is 11.1. The second kappa shape index (κ2) is 7.23. The van der Waals surface area contributed by atoms with Crippen molar-refractivity contribution in [1.82, 2.24) is 0 Å². The van der Waals surface area contributed by atoms with Crippen molar-refractivity contribution in [3.63, 3.8) is 0 Å². The van der Waals surface area contributed by atoms with E-state index in [2.05, 4.69) is 0 Å². The van der Waals surface area contributed by atoms with Gasteiger partial charge in [-0.05, 0) is 24.9 Å². The van der Waals surface area contributed by atoms with E-state index in [1.165, 1.54) is 18.6 Å². The normalized spacial score (nSPS) is 18.0. The van der Waals surface area contributed by atoms with Crippen LogP contribution >= 0.6 is 12.0 Å². The molecule has 0 unspecified atom stereocenters. The molecule has 0 atom stereocenters. The molecule has 0 aromatic carbocycles. The Morgan fingerprint density at radius 2 is 1.88 bits per heavy atom. The Hall–Kier alpha value is 0.230. The Labute approximate surface area is 53.2 Å². The molecule has 1 rings (SSSR count). The average molecular weight is 140 g/mol. The molecule has 0 spiro atoms. The van der Waals surface area contributed by atoms with Gasteiger partial charge in [0.2, 0.25) is 0 Å². The van der Waals surface area contributed by atoms with Gasteiger partial charge in [-0.15, -0.1) is 0 Å². The van der Waals surface area contributed by atoms with E-state index >= 15 is 0 Å². The SMILES string of the molecule is C1CCSOC1.O.O. The van der Waals surface area contributed by atoms with Crippen molar-refractivity contribution < 1.29 is 15.1 Å². The van der Waals surface area contributed by atoms with Crippen LogP contribution in [-0.2, 0) is 4.18 Å². The summed E-state index contributed by atoms with van der Waals surface area (Å²) in [6.07, 6.45) is 2.59. The summed E-state index contributed by atoms with van der Waals surface area (Å²) in [5.74, 6) is 1.19. The Morgan fingerprint density at radius 1 is 1.12 bits per heavy atom. The van der Waals surface area contributed by atoms with Crippen LogP contribution in [0.4, 0.5) is 0 Å². The van der Waals surface area contributed by atoms with Gasteiger partial charge in [0.25, 0.3) is 0 Å². The van der Waals surface area contributed by atoms with E-state index in [4.69, 9.17) is 4.18 Å². The van der Waals surface area contributed by atoms with Gasteiger partial charge < -0.3 is 15.1 Å². The highest BCUT2D eigenvalue weighted by Gasteiger charge is 1.96. The Bertz CT molecular complexity index is 26.8. The maximum Gasteiger partial charge on any atom is 0.0614 e. The van der Waals surface area contributed by atoms with Crippen molar-refractivity contribution in [3.8, 4) is 0 Å². The van der Waals surface area contributed by atoms with E-state index in [1.807, 2.05) is 0 Å². The molecule has 52 valence electrons. The molecule has 1 fully saturated rings. The third-order valence-corrected chi connectivity index (χ3v) is 1.58. The first-order valence-corrected chi connectivity index (χ1v) is 3.15. The minimum absolute atomic E-state index is 0. The van der Waals surface area contributed by atoms with E-state index in [0.717, 1.165) is 6.61 Å². The zero-order chi connectivity index (χ0) is 4.24. The molecule has 0 aromatic rings. The second-order valence-corrected chi connectivity index (χ2v) is 2.23. The van der Waals surface area contributed by atoms with E-state index in [1.54, 1.807) is 12.0 Å². The second-order valence-electron chi connectivity index (χ2n) is 1.35. The van der Waals surface area contributed by atoms with Gasteiger partial charge in [0.05, 0.1) is 6.61 Å². The van der Waals surface area contributed by atoms with Gasteiger partial charge >= 0.3 is 0 Å². The highest BCUT2D eigenvalue weighted by molar-refractivity contribution is 7.94. The molecule has 0 radical (unpaired) electrons. The van der Waals surface area contributed by atoms with Crippen molar-refractivity contribution in [3.05, 3.63) is 0 Å². The van der Waals surface area contributed by atoms with Crippen molar-refractivity contribution in [1.29, 1.82) is 0 Å². The monoisotopic (exact) mass is 140 g/mol. The van der Waals surface area contributed by atoms with Gasteiger partial charge in [0.15, 0.2) is 0 Å². The van der Waals surface area contributed by atoms with Gasteiger partial charge in [-0.25, -0.2) is 0 Å². The highest BCUT2D eigenvalue weighted by atomic mass is 32.2. The van der Waals surface area contributed by atoms with Crippen molar-refractivity contribution >= 4 is 12.0 Å². The van der Waals surface area contributed by atoms with Gasteiger partial charge in [-0.2, -0.15) is 0 Å². The molecule has 8 heavy (non-hydrogen) atoms. The summed E-state index contributed by atoms with van der Waals surface area (Å²) in [5, 5.41) is 0. The van der Waals surface area contributed by atoms with Crippen LogP contribution in [0.1, 0.15) is 12.8 Å². The van der Waals surface area contributed by atoms with E-state index in [-0.39, 0.29) is 11.0 Å². The molecule has 0 saturated carbocycles. The molecule has 0 bridgehead atoms. The topological polar surface area (TPSA) is 72.2 Å². The Kier molecular flexibility index (Phi) is 10.0. The Balaban J connectivity index is 0. The molecule has 4 heteroatoms. The number of rotatable bonds is 0. The van der Waals surface area contributed by atoms with Crippen LogP contribution in [0, 0.1) is 0 Å². The molecule has 1 aliphatic heterocycles. The van der Waals surface area contributed by atoms with Crippen LogP contribution in [0.5, 0.6) is 0 Å². The fraction of sp³-hybridized carbons (Fsp3) is 1.00. The summed E-state index contributed by atoms with van der Waals surface area (Å²) in [4.78, 5) is 0. The summed E-state index contributed by atoms with van der Waals surface area (Å²) < 4.78 is 4.99. The molecule has 1 heterocycles. The lowest BCUT2D eigenvalue weighted by molar-refractivity contribution is 0.346. The standard InChI is InChI=1S/C4H8OS.2H2O/c1-2-4-6-5-3-1;;/h1-4H2;2*1H2. The molecule has 0 aliphatic carbocycles. The van der Waals surface area contributed by atoms with Gasteiger partial charge in [-0.1, -0.05) is 0 Å². The van der Waals surface area contributed by atoms with Gasteiger partial charge in [0, 0.05) is 5.75 Å². The van der Waals surface area contributed by atoms with Crippen LogP contribution in [0.15, 0.2) is 0 Å². The maximum atomic E-state index is 4.99. The van der Waals surface area contributed by atoms with E-state index in [0.29, 0.717) is 0 Å². The molecule has 4 N–H and O–H groups in total. The summed E-state index contributed by atoms with van der Waals surface area (Å²) in [6.45, 7) is 0.963. The lowest BCUT2D eigenvalue weighted by atomic mass is 10.4. The zero-order valence-electron chi connectivity index (χ0n) is 4.64. The predicted molar refractivity (Wildman–Crippen MR) is 34.9 cm³/mol. The third kappa shape index (κ3) is 4.39. The molecular weight excluding hydrogens is 128 g/mol. The number of hydrogen-bond acceptors (Lipinski definition) is 2. The summed E-state index contributed by atoms with van der Waals surface area (Å²) in [7, 11) is 0. The van der Waals surface area contributed by atoms with Crippen LogP contribution < -0.4 is 0 Å².